The predicted octanol–water partition coefficient (Wildman–Crippen LogP) is 0.902. The van der Waals surface area contributed by atoms with Crippen molar-refractivity contribution < 1.29 is 14.8 Å². The van der Waals surface area contributed by atoms with E-state index in [1.54, 1.807) is 4.90 Å². The number of hydrogen-bond donors (Lipinski definition) is 2. The largest absolute Gasteiger partial charge is 0.395 e. The van der Waals surface area contributed by atoms with E-state index in [1.165, 1.54) is 12.1 Å². The summed E-state index contributed by atoms with van der Waals surface area (Å²) < 4.78 is 0. The summed E-state index contributed by atoms with van der Waals surface area (Å²) in [5.74, 6) is -0.709. The van der Waals surface area contributed by atoms with Gasteiger partial charge >= 0.3 is 0 Å². The molecule has 0 unspecified atom stereocenters. The van der Waals surface area contributed by atoms with Crippen LogP contribution in [0.4, 0.5) is 11.4 Å². The maximum Gasteiger partial charge on any atom is 0.293 e. The van der Waals surface area contributed by atoms with Crippen LogP contribution in [-0.2, 0) is 0 Å². The third-order valence-corrected chi connectivity index (χ3v) is 2.66. The minimum absolute atomic E-state index is 0.0934. The Morgan fingerprint density at radius 1 is 1.47 bits per heavy atom. The highest BCUT2D eigenvalue weighted by atomic mass is 16.6. The monoisotopic (exact) mass is 267 g/mol. The van der Waals surface area contributed by atoms with Crippen molar-refractivity contribution in [2.75, 3.05) is 24.6 Å². The van der Waals surface area contributed by atoms with Crippen LogP contribution in [0, 0.1) is 10.1 Å². The predicted molar refractivity (Wildman–Crippen MR) is 71.2 cm³/mol. The zero-order chi connectivity index (χ0) is 14.4. The van der Waals surface area contributed by atoms with Crippen LogP contribution in [0.5, 0.6) is 0 Å². The lowest BCUT2D eigenvalue weighted by atomic mass is 10.1. The molecule has 1 aromatic rings. The lowest BCUT2D eigenvalue weighted by Crippen LogP contribution is -2.28. The first kappa shape index (κ1) is 14.9. The zero-order valence-corrected chi connectivity index (χ0v) is 10.7. The summed E-state index contributed by atoms with van der Waals surface area (Å²) in [6.45, 7) is 2.71. The van der Waals surface area contributed by atoms with Gasteiger partial charge in [0.15, 0.2) is 0 Å². The van der Waals surface area contributed by atoms with Crippen LogP contribution in [0.25, 0.3) is 0 Å². The van der Waals surface area contributed by atoms with E-state index < -0.39 is 10.8 Å². The number of aliphatic hydroxyl groups is 1. The van der Waals surface area contributed by atoms with Crippen molar-refractivity contribution in [1.29, 1.82) is 0 Å². The van der Waals surface area contributed by atoms with E-state index in [2.05, 4.69) is 0 Å². The highest BCUT2D eigenvalue weighted by Crippen LogP contribution is 2.29. The van der Waals surface area contributed by atoms with Crippen LogP contribution in [0.1, 0.15) is 23.7 Å². The molecule has 19 heavy (non-hydrogen) atoms. The molecule has 0 aliphatic heterocycles. The molecular formula is C12H17N3O4. The number of nitrogens with two attached hydrogens (primary N) is 1. The average molecular weight is 267 g/mol. The summed E-state index contributed by atoms with van der Waals surface area (Å²) in [6, 6.07) is 4.10. The number of primary amides is 1. The molecule has 0 spiro atoms. The number of nitro groups is 1. The zero-order valence-electron chi connectivity index (χ0n) is 10.7. The third-order valence-electron chi connectivity index (χ3n) is 2.66. The Kier molecular flexibility index (Phi) is 5.25. The number of nitrogens with zero attached hydrogens (tertiary/aromatic N) is 2. The van der Waals surface area contributed by atoms with Crippen molar-refractivity contribution in [3.05, 3.63) is 33.9 Å². The molecule has 7 heteroatoms. The molecule has 1 amide bonds. The second-order valence-electron chi connectivity index (χ2n) is 4.04. The van der Waals surface area contributed by atoms with Gasteiger partial charge in [-0.2, -0.15) is 0 Å². The van der Waals surface area contributed by atoms with Crippen LogP contribution < -0.4 is 10.6 Å². The van der Waals surface area contributed by atoms with Crippen LogP contribution in [0.3, 0.4) is 0 Å². The van der Waals surface area contributed by atoms with Gasteiger partial charge in [0.05, 0.1) is 11.5 Å². The molecule has 0 aromatic heterocycles. The summed E-state index contributed by atoms with van der Waals surface area (Å²) in [7, 11) is 0. The number of nitro benzene ring substituents is 1. The summed E-state index contributed by atoms with van der Waals surface area (Å²) in [4.78, 5) is 23.3. The third kappa shape index (κ3) is 3.65. The van der Waals surface area contributed by atoms with Gasteiger partial charge in [0, 0.05) is 24.7 Å². The molecule has 0 saturated heterocycles. The maximum absolute atomic E-state index is 11.1. The normalized spacial score (nSPS) is 10.2. The van der Waals surface area contributed by atoms with Crippen LogP contribution in [-0.4, -0.2) is 35.6 Å². The molecule has 7 nitrogen and oxygen atoms in total. The Morgan fingerprint density at radius 2 is 2.16 bits per heavy atom. The SMILES string of the molecule is CCCN(CCO)c1ccc(C(N)=O)cc1[N+](=O)[O-]. The van der Waals surface area contributed by atoms with Gasteiger partial charge in [-0.3, -0.25) is 14.9 Å². The molecule has 0 heterocycles. The first-order valence-electron chi connectivity index (χ1n) is 5.95. The van der Waals surface area contributed by atoms with E-state index >= 15 is 0 Å². The van der Waals surface area contributed by atoms with Gasteiger partial charge in [-0.15, -0.1) is 0 Å². The molecule has 0 saturated carbocycles. The van der Waals surface area contributed by atoms with Gasteiger partial charge < -0.3 is 15.7 Å². The Hall–Kier alpha value is -2.15. The molecule has 1 aromatic carbocycles. The number of anilines is 1. The number of carbonyl (C=O) groups excluding carboxylic acids is 1. The lowest BCUT2D eigenvalue weighted by molar-refractivity contribution is -0.384. The van der Waals surface area contributed by atoms with Crippen molar-refractivity contribution >= 4 is 17.3 Å². The van der Waals surface area contributed by atoms with Gasteiger partial charge in [0.25, 0.3) is 5.69 Å². The second kappa shape index (κ2) is 6.69. The Bertz CT molecular complexity index is 470. The van der Waals surface area contributed by atoms with E-state index in [4.69, 9.17) is 10.8 Å². The van der Waals surface area contributed by atoms with Crippen LogP contribution >= 0.6 is 0 Å². The Morgan fingerprint density at radius 3 is 2.63 bits per heavy atom. The van der Waals surface area contributed by atoms with Crippen molar-refractivity contribution in [2.24, 2.45) is 5.73 Å². The molecule has 0 aliphatic carbocycles. The molecule has 3 N–H and O–H groups in total. The van der Waals surface area contributed by atoms with Crippen molar-refractivity contribution in [3.8, 4) is 0 Å². The van der Waals surface area contributed by atoms with Crippen molar-refractivity contribution in [3.63, 3.8) is 0 Å². The number of rotatable bonds is 7. The molecule has 0 aliphatic rings. The van der Waals surface area contributed by atoms with Gasteiger partial charge in [0.1, 0.15) is 5.69 Å². The fourth-order valence-electron chi connectivity index (χ4n) is 1.83. The summed E-state index contributed by atoms with van der Waals surface area (Å²) in [5, 5.41) is 20.1. The number of hydrogen-bond acceptors (Lipinski definition) is 5. The molecule has 1 rings (SSSR count). The second-order valence-corrected chi connectivity index (χ2v) is 4.04. The average Bonchev–Trinajstić information content (AvgIpc) is 2.37. The summed E-state index contributed by atoms with van der Waals surface area (Å²) in [5.41, 5.74) is 5.40. The highest BCUT2D eigenvalue weighted by Gasteiger charge is 2.20. The number of amides is 1. The van der Waals surface area contributed by atoms with E-state index in [1.807, 2.05) is 6.92 Å². The lowest BCUT2D eigenvalue weighted by Gasteiger charge is -2.23. The number of carbonyl (C=O) groups is 1. The minimum Gasteiger partial charge on any atom is -0.395 e. The van der Waals surface area contributed by atoms with E-state index in [0.29, 0.717) is 18.8 Å². The fourth-order valence-corrected chi connectivity index (χ4v) is 1.83. The Labute approximate surface area is 110 Å². The van der Waals surface area contributed by atoms with Crippen molar-refractivity contribution in [1.82, 2.24) is 0 Å². The van der Waals surface area contributed by atoms with Gasteiger partial charge in [0.2, 0.25) is 5.91 Å². The molecule has 0 bridgehead atoms. The van der Waals surface area contributed by atoms with Crippen LogP contribution in [0.15, 0.2) is 18.2 Å². The molecule has 0 atom stereocenters. The number of benzene rings is 1. The summed E-state index contributed by atoms with van der Waals surface area (Å²) >= 11 is 0. The first-order chi connectivity index (χ1) is 9.01. The quantitative estimate of drug-likeness (QED) is 0.563. The fraction of sp³-hybridized carbons (Fsp3) is 0.417. The smallest absolute Gasteiger partial charge is 0.293 e. The molecule has 104 valence electrons. The first-order valence-corrected chi connectivity index (χ1v) is 5.95. The van der Waals surface area contributed by atoms with E-state index in [-0.39, 0.29) is 17.9 Å². The standard InChI is InChI=1S/C12H17N3O4/c1-2-5-14(6-7-16)10-4-3-9(12(13)17)8-11(10)15(18)19/h3-4,8,16H,2,5-7H2,1H3,(H2,13,17). The highest BCUT2D eigenvalue weighted by molar-refractivity contribution is 5.94. The topological polar surface area (TPSA) is 110 Å². The van der Waals surface area contributed by atoms with E-state index in [0.717, 1.165) is 12.5 Å². The van der Waals surface area contributed by atoms with E-state index in [9.17, 15) is 14.9 Å². The minimum atomic E-state index is -0.709. The van der Waals surface area contributed by atoms with Crippen LogP contribution in [0.2, 0.25) is 0 Å². The summed E-state index contributed by atoms with van der Waals surface area (Å²) in [6.07, 6.45) is 0.786. The van der Waals surface area contributed by atoms with Crippen molar-refractivity contribution in [2.45, 2.75) is 13.3 Å². The van der Waals surface area contributed by atoms with Gasteiger partial charge in [-0.1, -0.05) is 6.92 Å². The Balaban J connectivity index is 3.24. The van der Waals surface area contributed by atoms with Gasteiger partial charge in [-0.05, 0) is 18.6 Å². The maximum atomic E-state index is 11.1. The number of aliphatic hydroxyl groups excluding tert-OH is 1. The van der Waals surface area contributed by atoms with Gasteiger partial charge in [-0.25, -0.2) is 0 Å². The molecule has 0 radical (unpaired) electrons. The molecule has 0 fully saturated rings. The molecular weight excluding hydrogens is 250 g/mol.